The summed E-state index contributed by atoms with van der Waals surface area (Å²) >= 11 is 0. The number of hydrogen-bond donors (Lipinski definition) is 1. The number of hydrogen-bond acceptors (Lipinski definition) is 2. The summed E-state index contributed by atoms with van der Waals surface area (Å²) < 4.78 is 0. The maximum Gasteiger partial charge on any atom is 0.322 e. The van der Waals surface area contributed by atoms with E-state index < -0.39 is 0 Å². The zero-order valence-corrected chi connectivity index (χ0v) is 13.3. The molecule has 0 radical (unpaired) electrons. The number of benzene rings is 1. The first-order chi connectivity index (χ1) is 11.3. The summed E-state index contributed by atoms with van der Waals surface area (Å²) in [6.45, 7) is 0.854. The number of nitrogens with one attached hydrogen (secondary N) is 1. The maximum atomic E-state index is 12.5. The lowest BCUT2D eigenvalue weighted by Gasteiger charge is -2.25. The largest absolute Gasteiger partial charge is 0.322 e. The number of aryl methyl sites for hydroxylation is 1. The molecule has 120 valence electrons. The second-order valence-electron chi connectivity index (χ2n) is 6.03. The van der Waals surface area contributed by atoms with Gasteiger partial charge in [-0.25, -0.2) is 4.79 Å². The molecule has 1 fully saturated rings. The van der Waals surface area contributed by atoms with Gasteiger partial charge in [-0.1, -0.05) is 30.3 Å². The zero-order valence-electron chi connectivity index (χ0n) is 13.3. The molecule has 0 bridgehead atoms. The lowest BCUT2D eigenvalue weighted by atomic mass is 10.0. The molecule has 0 saturated carbocycles. The van der Waals surface area contributed by atoms with E-state index in [0.717, 1.165) is 44.3 Å². The number of aromatic nitrogens is 1. The van der Waals surface area contributed by atoms with Gasteiger partial charge < -0.3 is 10.2 Å². The van der Waals surface area contributed by atoms with Crippen molar-refractivity contribution in [2.24, 2.45) is 0 Å². The average molecular weight is 309 g/mol. The normalized spacial score (nSPS) is 17.2. The number of carbonyl (C=O) groups excluding carboxylic acids is 1. The van der Waals surface area contributed by atoms with Crippen molar-refractivity contribution in [2.45, 2.75) is 38.1 Å². The van der Waals surface area contributed by atoms with E-state index in [-0.39, 0.29) is 6.03 Å². The van der Waals surface area contributed by atoms with Gasteiger partial charge in [0, 0.05) is 30.7 Å². The molecule has 0 aliphatic carbocycles. The molecule has 2 heterocycles. The third-order valence-corrected chi connectivity index (χ3v) is 4.42. The van der Waals surface area contributed by atoms with Crippen LogP contribution in [-0.4, -0.2) is 28.5 Å². The quantitative estimate of drug-likeness (QED) is 0.903. The molecule has 2 amide bonds. The van der Waals surface area contributed by atoms with Gasteiger partial charge >= 0.3 is 6.03 Å². The van der Waals surface area contributed by atoms with Crippen molar-refractivity contribution in [2.75, 3.05) is 11.9 Å². The van der Waals surface area contributed by atoms with E-state index in [9.17, 15) is 4.79 Å². The van der Waals surface area contributed by atoms with Gasteiger partial charge in [0.05, 0.1) is 0 Å². The molecule has 4 heteroatoms. The molecule has 1 unspecified atom stereocenters. The summed E-state index contributed by atoms with van der Waals surface area (Å²) in [5.74, 6) is 0. The molecule has 23 heavy (non-hydrogen) atoms. The van der Waals surface area contributed by atoms with Crippen molar-refractivity contribution in [3.63, 3.8) is 0 Å². The van der Waals surface area contributed by atoms with Crippen LogP contribution >= 0.6 is 0 Å². The van der Waals surface area contributed by atoms with Crippen LogP contribution in [0.3, 0.4) is 0 Å². The Labute approximate surface area is 137 Å². The van der Waals surface area contributed by atoms with Crippen molar-refractivity contribution in [1.82, 2.24) is 9.88 Å². The minimum absolute atomic E-state index is 0.0124. The first kappa shape index (κ1) is 15.5. The van der Waals surface area contributed by atoms with Crippen molar-refractivity contribution in [3.05, 3.63) is 60.4 Å². The Morgan fingerprint density at radius 2 is 1.96 bits per heavy atom. The summed E-state index contributed by atoms with van der Waals surface area (Å²) in [4.78, 5) is 18.4. The number of urea groups is 1. The van der Waals surface area contributed by atoms with Gasteiger partial charge in [-0.3, -0.25) is 4.98 Å². The van der Waals surface area contributed by atoms with E-state index in [2.05, 4.69) is 34.6 Å². The minimum atomic E-state index is 0.0124. The fraction of sp³-hybridized carbons (Fsp3) is 0.368. The Morgan fingerprint density at radius 1 is 1.17 bits per heavy atom. The van der Waals surface area contributed by atoms with Crippen LogP contribution in [0, 0.1) is 0 Å². The fourth-order valence-electron chi connectivity index (χ4n) is 3.22. The third-order valence-electron chi connectivity index (χ3n) is 4.42. The zero-order chi connectivity index (χ0) is 15.9. The van der Waals surface area contributed by atoms with Gasteiger partial charge in [0.2, 0.25) is 0 Å². The molecule has 1 N–H and O–H groups in total. The number of pyridine rings is 1. The van der Waals surface area contributed by atoms with Crippen LogP contribution in [0.2, 0.25) is 0 Å². The highest BCUT2D eigenvalue weighted by Gasteiger charge is 2.28. The van der Waals surface area contributed by atoms with Gasteiger partial charge in [-0.05, 0) is 49.8 Å². The first-order valence-corrected chi connectivity index (χ1v) is 8.34. The second-order valence-corrected chi connectivity index (χ2v) is 6.03. The summed E-state index contributed by atoms with van der Waals surface area (Å²) in [7, 11) is 0. The Balaban J connectivity index is 1.50. The lowest BCUT2D eigenvalue weighted by molar-refractivity contribution is 0.203. The van der Waals surface area contributed by atoms with Crippen LogP contribution in [0.4, 0.5) is 10.5 Å². The number of nitrogens with zero attached hydrogens (tertiary/aromatic N) is 2. The Morgan fingerprint density at radius 3 is 2.74 bits per heavy atom. The van der Waals surface area contributed by atoms with Crippen LogP contribution in [0.5, 0.6) is 0 Å². The topological polar surface area (TPSA) is 45.2 Å². The molecule has 4 nitrogen and oxygen atoms in total. The highest BCUT2D eigenvalue weighted by Crippen LogP contribution is 2.23. The van der Waals surface area contributed by atoms with Gasteiger partial charge in [-0.2, -0.15) is 0 Å². The Kier molecular flexibility index (Phi) is 5.25. The van der Waals surface area contributed by atoms with Crippen molar-refractivity contribution in [3.8, 4) is 0 Å². The number of anilines is 1. The summed E-state index contributed by atoms with van der Waals surface area (Å²) in [5.41, 5.74) is 2.18. The highest BCUT2D eigenvalue weighted by atomic mass is 16.2. The number of carbonyl (C=O) groups is 1. The van der Waals surface area contributed by atoms with Gasteiger partial charge in [-0.15, -0.1) is 0 Å². The van der Waals surface area contributed by atoms with E-state index in [1.807, 2.05) is 23.1 Å². The lowest BCUT2D eigenvalue weighted by Crippen LogP contribution is -2.38. The van der Waals surface area contributed by atoms with Crippen molar-refractivity contribution >= 4 is 11.7 Å². The summed E-state index contributed by atoms with van der Waals surface area (Å²) in [6.07, 6.45) is 8.86. The molecule has 1 aliphatic rings. The third kappa shape index (κ3) is 4.31. The average Bonchev–Trinajstić information content (AvgIpc) is 3.05. The second kappa shape index (κ2) is 7.77. The molecule has 3 rings (SSSR count). The monoisotopic (exact) mass is 309 g/mol. The molecule has 1 atom stereocenters. The molecule has 1 saturated heterocycles. The van der Waals surface area contributed by atoms with E-state index in [1.54, 1.807) is 12.4 Å². The molecule has 1 aromatic carbocycles. The molecular weight excluding hydrogens is 286 g/mol. The van der Waals surface area contributed by atoms with E-state index in [0.29, 0.717) is 6.04 Å². The number of likely N-dealkylation sites (tertiary alicyclic amines) is 1. The van der Waals surface area contributed by atoms with E-state index in [1.165, 1.54) is 5.56 Å². The highest BCUT2D eigenvalue weighted by molar-refractivity contribution is 5.89. The van der Waals surface area contributed by atoms with Gasteiger partial charge in [0.1, 0.15) is 0 Å². The standard InChI is InChI=1S/C19H23N3O/c23-19(21-17-11-13-20-14-12-17)22-15-5-10-18(22)9-4-8-16-6-2-1-3-7-16/h1-3,6-7,11-14,18H,4-5,8-10,15H2,(H,20,21,23). The minimum Gasteiger partial charge on any atom is -0.322 e. The number of rotatable bonds is 5. The van der Waals surface area contributed by atoms with Crippen LogP contribution in [-0.2, 0) is 6.42 Å². The molecule has 0 spiro atoms. The Hall–Kier alpha value is -2.36. The maximum absolute atomic E-state index is 12.5. The van der Waals surface area contributed by atoms with Crippen LogP contribution in [0.25, 0.3) is 0 Å². The summed E-state index contributed by atoms with van der Waals surface area (Å²) in [6, 6.07) is 14.6. The van der Waals surface area contributed by atoms with Gasteiger partial charge in [0.25, 0.3) is 0 Å². The van der Waals surface area contributed by atoms with Crippen molar-refractivity contribution in [1.29, 1.82) is 0 Å². The van der Waals surface area contributed by atoms with Gasteiger partial charge in [0.15, 0.2) is 0 Å². The van der Waals surface area contributed by atoms with Crippen LogP contribution in [0.1, 0.15) is 31.2 Å². The molecule has 1 aliphatic heterocycles. The molecule has 1 aromatic heterocycles. The predicted octanol–water partition coefficient (Wildman–Crippen LogP) is 4.10. The molecule has 2 aromatic rings. The molecular formula is C19H23N3O. The first-order valence-electron chi connectivity index (χ1n) is 8.34. The smallest absolute Gasteiger partial charge is 0.322 e. The van der Waals surface area contributed by atoms with E-state index in [4.69, 9.17) is 0 Å². The number of amides is 2. The predicted molar refractivity (Wildman–Crippen MR) is 92.4 cm³/mol. The fourth-order valence-corrected chi connectivity index (χ4v) is 3.22. The van der Waals surface area contributed by atoms with Crippen LogP contribution < -0.4 is 5.32 Å². The SMILES string of the molecule is O=C(Nc1ccncc1)N1CCCC1CCCc1ccccc1. The van der Waals surface area contributed by atoms with Crippen molar-refractivity contribution < 1.29 is 4.79 Å². The summed E-state index contributed by atoms with van der Waals surface area (Å²) in [5, 5.41) is 2.97. The van der Waals surface area contributed by atoms with Crippen LogP contribution in [0.15, 0.2) is 54.9 Å². The Bertz CT molecular complexity index is 615. The van der Waals surface area contributed by atoms with E-state index >= 15 is 0 Å².